The molecule has 4 rings (SSSR count). The van der Waals surface area contributed by atoms with Crippen molar-refractivity contribution >= 4 is 11.8 Å². The minimum absolute atomic E-state index is 0.000907. The standard InChI is InChI=1S/C23H34O5/c1-14(25)28-16-6-9-21(2)15(12-16)4-5-17-18(21)7-10-22(3)19(17)8-11-23(22,27)20(26)13-24/h4,16-19,24,27H,5-13H2,1-3H3/t16-,17+,18-,19-,21-,22-,23-/m0/s1. The van der Waals surface area contributed by atoms with Crippen molar-refractivity contribution in [3.63, 3.8) is 0 Å². The van der Waals surface area contributed by atoms with Crippen molar-refractivity contribution in [1.29, 1.82) is 0 Å². The topological polar surface area (TPSA) is 83.8 Å². The van der Waals surface area contributed by atoms with Crippen LogP contribution in [0.15, 0.2) is 11.6 Å². The van der Waals surface area contributed by atoms with Crippen LogP contribution in [0.4, 0.5) is 0 Å². The number of aliphatic hydroxyl groups is 2. The summed E-state index contributed by atoms with van der Waals surface area (Å²) < 4.78 is 5.50. The largest absolute Gasteiger partial charge is 0.462 e. The number of rotatable bonds is 3. The summed E-state index contributed by atoms with van der Waals surface area (Å²) in [5.41, 5.74) is -0.253. The van der Waals surface area contributed by atoms with Gasteiger partial charge in [-0.25, -0.2) is 0 Å². The molecule has 2 N–H and O–H groups in total. The van der Waals surface area contributed by atoms with Crippen molar-refractivity contribution in [3.05, 3.63) is 11.6 Å². The number of carbonyl (C=O) groups is 2. The Labute approximate surface area is 167 Å². The number of ketones is 1. The predicted octanol–water partition coefficient (Wildman–Crippen LogP) is 3.17. The molecule has 0 aromatic heterocycles. The highest BCUT2D eigenvalue weighted by molar-refractivity contribution is 5.89. The summed E-state index contributed by atoms with van der Waals surface area (Å²) in [5, 5.41) is 20.7. The number of esters is 1. The summed E-state index contributed by atoms with van der Waals surface area (Å²) in [6.07, 6.45) is 9.29. The molecule has 5 nitrogen and oxygen atoms in total. The molecule has 0 aromatic carbocycles. The molecule has 0 spiro atoms. The third-order valence-corrected chi connectivity index (χ3v) is 9.15. The summed E-state index contributed by atoms with van der Waals surface area (Å²) in [4.78, 5) is 23.8. The molecule has 156 valence electrons. The van der Waals surface area contributed by atoms with Crippen LogP contribution in [0.3, 0.4) is 0 Å². The summed E-state index contributed by atoms with van der Waals surface area (Å²) in [6, 6.07) is 0. The number of hydrogen-bond acceptors (Lipinski definition) is 5. The molecule has 0 bridgehead atoms. The zero-order valence-electron chi connectivity index (χ0n) is 17.4. The van der Waals surface area contributed by atoms with Crippen LogP contribution in [0.5, 0.6) is 0 Å². The van der Waals surface area contributed by atoms with Gasteiger partial charge in [0.05, 0.1) is 0 Å². The maximum absolute atomic E-state index is 12.4. The number of allylic oxidation sites excluding steroid dienone is 1. The van der Waals surface area contributed by atoms with Gasteiger partial charge in [0.25, 0.3) is 0 Å². The average molecular weight is 391 g/mol. The van der Waals surface area contributed by atoms with Crippen molar-refractivity contribution in [1.82, 2.24) is 0 Å². The van der Waals surface area contributed by atoms with Gasteiger partial charge in [-0.15, -0.1) is 0 Å². The zero-order valence-corrected chi connectivity index (χ0v) is 17.4. The fourth-order valence-corrected chi connectivity index (χ4v) is 7.57. The zero-order chi connectivity index (χ0) is 20.3. The van der Waals surface area contributed by atoms with Gasteiger partial charge >= 0.3 is 5.97 Å². The third kappa shape index (κ3) is 2.65. The maximum Gasteiger partial charge on any atom is 0.302 e. The minimum Gasteiger partial charge on any atom is -0.462 e. The lowest BCUT2D eigenvalue weighted by Gasteiger charge is -2.58. The summed E-state index contributed by atoms with van der Waals surface area (Å²) in [5.74, 6) is 0.729. The first-order valence-corrected chi connectivity index (χ1v) is 10.9. The van der Waals surface area contributed by atoms with Crippen LogP contribution < -0.4 is 0 Å². The highest BCUT2D eigenvalue weighted by Gasteiger charge is 2.65. The van der Waals surface area contributed by atoms with Gasteiger partial charge in [0.2, 0.25) is 0 Å². The van der Waals surface area contributed by atoms with E-state index in [0.29, 0.717) is 24.2 Å². The SMILES string of the molecule is CC(=O)O[C@H]1CC[C@@]2(C)C(=CC[C@@H]3[C@@H]2CC[C@@]2(C)[C@H]3CC[C@]2(O)C(=O)CO)C1. The molecule has 0 amide bonds. The highest BCUT2D eigenvalue weighted by Crippen LogP contribution is 2.67. The quantitative estimate of drug-likeness (QED) is 0.571. The Kier molecular flexibility index (Phi) is 4.78. The number of carbonyl (C=O) groups excluding carboxylic acids is 2. The van der Waals surface area contributed by atoms with Crippen LogP contribution in [0, 0.1) is 28.6 Å². The fourth-order valence-electron chi connectivity index (χ4n) is 7.57. The second-order valence-corrected chi connectivity index (χ2v) is 10.2. The van der Waals surface area contributed by atoms with Crippen LogP contribution in [0.2, 0.25) is 0 Å². The Morgan fingerprint density at radius 1 is 1.14 bits per heavy atom. The van der Waals surface area contributed by atoms with Gasteiger partial charge < -0.3 is 14.9 Å². The lowest BCUT2D eigenvalue weighted by molar-refractivity contribution is -0.164. The lowest BCUT2D eigenvalue weighted by Crippen LogP contribution is -2.58. The summed E-state index contributed by atoms with van der Waals surface area (Å²) in [6.45, 7) is 5.36. The smallest absolute Gasteiger partial charge is 0.302 e. The van der Waals surface area contributed by atoms with E-state index in [-0.39, 0.29) is 17.5 Å². The van der Waals surface area contributed by atoms with E-state index in [0.717, 1.165) is 44.9 Å². The molecule has 3 fully saturated rings. The first kappa shape index (κ1) is 20.1. The van der Waals surface area contributed by atoms with E-state index in [1.807, 2.05) is 0 Å². The van der Waals surface area contributed by atoms with E-state index in [1.54, 1.807) is 0 Å². The molecule has 3 saturated carbocycles. The second-order valence-electron chi connectivity index (χ2n) is 10.2. The molecule has 7 atom stereocenters. The normalized spacial score (nSPS) is 47.4. The van der Waals surface area contributed by atoms with Gasteiger partial charge in [0.1, 0.15) is 18.3 Å². The van der Waals surface area contributed by atoms with Crippen LogP contribution >= 0.6 is 0 Å². The molecule has 0 aliphatic heterocycles. The van der Waals surface area contributed by atoms with Crippen LogP contribution in [0.1, 0.15) is 72.1 Å². The van der Waals surface area contributed by atoms with Crippen molar-refractivity contribution in [2.75, 3.05) is 6.61 Å². The fraction of sp³-hybridized carbons (Fsp3) is 0.826. The van der Waals surface area contributed by atoms with Gasteiger partial charge in [-0.3, -0.25) is 9.59 Å². The predicted molar refractivity (Wildman–Crippen MR) is 104 cm³/mol. The Balaban J connectivity index is 1.60. The van der Waals surface area contributed by atoms with E-state index in [2.05, 4.69) is 19.9 Å². The van der Waals surface area contributed by atoms with E-state index >= 15 is 0 Å². The first-order valence-electron chi connectivity index (χ1n) is 10.9. The molecule has 0 unspecified atom stereocenters. The van der Waals surface area contributed by atoms with E-state index in [4.69, 9.17) is 4.74 Å². The summed E-state index contributed by atoms with van der Waals surface area (Å²) in [7, 11) is 0. The Hall–Kier alpha value is -1.20. The van der Waals surface area contributed by atoms with Crippen LogP contribution in [-0.4, -0.2) is 40.3 Å². The van der Waals surface area contributed by atoms with E-state index in [9.17, 15) is 19.8 Å². The monoisotopic (exact) mass is 390 g/mol. The van der Waals surface area contributed by atoms with Gasteiger partial charge in [-0.05, 0) is 68.1 Å². The van der Waals surface area contributed by atoms with Crippen molar-refractivity contribution < 1.29 is 24.5 Å². The molecular formula is C23H34O5. The van der Waals surface area contributed by atoms with Gasteiger partial charge in [-0.2, -0.15) is 0 Å². The number of hydrogen-bond donors (Lipinski definition) is 2. The average Bonchev–Trinajstić information content (AvgIpc) is 2.93. The Morgan fingerprint density at radius 2 is 1.86 bits per heavy atom. The van der Waals surface area contributed by atoms with Gasteiger partial charge in [0.15, 0.2) is 5.78 Å². The highest BCUT2D eigenvalue weighted by atomic mass is 16.5. The Bertz CT molecular complexity index is 714. The van der Waals surface area contributed by atoms with Crippen LogP contribution in [-0.2, 0) is 14.3 Å². The van der Waals surface area contributed by atoms with E-state index < -0.39 is 23.4 Å². The second kappa shape index (κ2) is 6.66. The van der Waals surface area contributed by atoms with Crippen molar-refractivity contribution in [3.8, 4) is 0 Å². The third-order valence-electron chi connectivity index (χ3n) is 9.15. The number of fused-ring (bicyclic) bond motifs is 5. The van der Waals surface area contributed by atoms with Gasteiger partial charge in [-0.1, -0.05) is 25.5 Å². The number of aliphatic hydroxyl groups excluding tert-OH is 1. The first-order chi connectivity index (χ1) is 13.2. The van der Waals surface area contributed by atoms with E-state index in [1.165, 1.54) is 12.5 Å². The van der Waals surface area contributed by atoms with Gasteiger partial charge in [0, 0.05) is 18.8 Å². The number of Topliss-reactive ketones (excluding diaryl/α,β-unsaturated/α-hetero) is 1. The molecule has 0 radical (unpaired) electrons. The summed E-state index contributed by atoms with van der Waals surface area (Å²) >= 11 is 0. The maximum atomic E-state index is 12.4. The van der Waals surface area contributed by atoms with Crippen LogP contribution in [0.25, 0.3) is 0 Å². The molecule has 4 aliphatic carbocycles. The molecule has 28 heavy (non-hydrogen) atoms. The van der Waals surface area contributed by atoms with Crippen molar-refractivity contribution in [2.24, 2.45) is 28.6 Å². The minimum atomic E-state index is -1.38. The molecule has 0 saturated heterocycles. The molecule has 4 aliphatic rings. The molecule has 0 aromatic rings. The molecule has 5 heteroatoms. The molecule has 0 heterocycles. The number of ether oxygens (including phenoxy) is 1. The molecular weight excluding hydrogens is 356 g/mol. The lowest BCUT2D eigenvalue weighted by atomic mass is 9.46. The Morgan fingerprint density at radius 3 is 2.54 bits per heavy atom. The van der Waals surface area contributed by atoms with Crippen molar-refractivity contribution in [2.45, 2.75) is 83.8 Å².